The van der Waals surface area contributed by atoms with Crippen molar-refractivity contribution in [1.29, 1.82) is 0 Å². The van der Waals surface area contributed by atoms with Crippen molar-refractivity contribution in [3.8, 4) is 5.75 Å². The van der Waals surface area contributed by atoms with Gasteiger partial charge in [0.15, 0.2) is 12.3 Å². The van der Waals surface area contributed by atoms with Crippen molar-refractivity contribution >= 4 is 23.4 Å². The molecule has 168 valence electrons. The van der Waals surface area contributed by atoms with E-state index in [0.717, 1.165) is 4.90 Å². The van der Waals surface area contributed by atoms with Gasteiger partial charge in [-0.25, -0.2) is 9.59 Å². The maximum Gasteiger partial charge on any atom is 0.343 e. The van der Waals surface area contributed by atoms with E-state index in [1.807, 2.05) is 6.92 Å². The third-order valence-corrected chi connectivity index (χ3v) is 4.36. The van der Waals surface area contributed by atoms with Crippen LogP contribution < -0.4 is 26.6 Å². The molecule has 0 atom stereocenters. The highest BCUT2D eigenvalue weighted by atomic mass is 16.6. The zero-order valence-corrected chi connectivity index (χ0v) is 17.7. The fraction of sp³-hybridized carbons (Fsp3) is 0.400. The van der Waals surface area contributed by atoms with Crippen LogP contribution in [0, 0.1) is 0 Å². The van der Waals surface area contributed by atoms with Crippen molar-refractivity contribution in [2.75, 3.05) is 44.6 Å². The number of nitrogens with one attached hydrogen (secondary N) is 1. The first-order valence-corrected chi connectivity index (χ1v) is 9.57. The van der Waals surface area contributed by atoms with Gasteiger partial charge in [0.1, 0.15) is 11.6 Å². The van der Waals surface area contributed by atoms with Gasteiger partial charge >= 0.3 is 11.7 Å². The monoisotopic (exact) mass is 434 g/mol. The summed E-state index contributed by atoms with van der Waals surface area (Å²) in [5.74, 6) is -0.977. The van der Waals surface area contributed by atoms with E-state index >= 15 is 0 Å². The molecule has 0 saturated heterocycles. The van der Waals surface area contributed by atoms with Crippen molar-refractivity contribution in [1.82, 2.24) is 9.55 Å². The molecule has 0 aliphatic carbocycles. The molecule has 31 heavy (non-hydrogen) atoms. The smallest absolute Gasteiger partial charge is 0.343 e. The Morgan fingerprint density at radius 2 is 1.97 bits per heavy atom. The van der Waals surface area contributed by atoms with Gasteiger partial charge in [-0.2, -0.15) is 0 Å². The normalized spacial score (nSPS) is 10.5. The number of amides is 1. The number of anilines is 2. The maximum absolute atomic E-state index is 13.3. The molecule has 0 radical (unpaired) electrons. The third kappa shape index (κ3) is 5.72. The summed E-state index contributed by atoms with van der Waals surface area (Å²) in [6.45, 7) is 1.94. The number of ether oxygens (including phenoxy) is 3. The molecule has 0 aliphatic rings. The molecule has 3 N–H and O–H groups in total. The Morgan fingerprint density at radius 1 is 1.23 bits per heavy atom. The summed E-state index contributed by atoms with van der Waals surface area (Å²) >= 11 is 0. The second-order valence-electron chi connectivity index (χ2n) is 6.49. The molecule has 0 saturated carbocycles. The number of carbonyl (C=O) groups is 2. The molecule has 11 nitrogen and oxygen atoms in total. The molecular formula is C20H26N4O7. The SMILES string of the molecule is CCCn1c(N)c(N(CCOC)C(=O)c2cccc(OCC(=O)OC)c2)c(=O)[nH]c1=O. The number of H-pyrrole nitrogens is 1. The van der Waals surface area contributed by atoms with E-state index in [9.17, 15) is 19.2 Å². The van der Waals surface area contributed by atoms with Gasteiger partial charge in [0, 0.05) is 25.8 Å². The van der Waals surface area contributed by atoms with Crippen LogP contribution in [0.2, 0.25) is 0 Å². The minimum absolute atomic E-state index is 0.0141. The molecule has 11 heteroatoms. The highest BCUT2D eigenvalue weighted by Gasteiger charge is 2.25. The van der Waals surface area contributed by atoms with Gasteiger partial charge in [0.2, 0.25) is 0 Å². The molecular weight excluding hydrogens is 408 g/mol. The van der Waals surface area contributed by atoms with Gasteiger partial charge < -0.3 is 19.9 Å². The minimum Gasteiger partial charge on any atom is -0.482 e. The molecule has 0 fully saturated rings. The summed E-state index contributed by atoms with van der Waals surface area (Å²) in [6.07, 6.45) is 0.598. The van der Waals surface area contributed by atoms with Crippen molar-refractivity contribution in [3.63, 3.8) is 0 Å². The van der Waals surface area contributed by atoms with Crippen molar-refractivity contribution in [2.24, 2.45) is 0 Å². The second kappa shape index (κ2) is 11.0. The number of nitrogens with zero attached hydrogens (tertiary/aromatic N) is 2. The van der Waals surface area contributed by atoms with E-state index in [0.29, 0.717) is 6.42 Å². The Hall–Kier alpha value is -3.60. The number of hydrogen-bond donors (Lipinski definition) is 2. The van der Waals surface area contributed by atoms with Gasteiger partial charge in [-0.15, -0.1) is 0 Å². The molecule has 2 aromatic rings. The molecule has 2 rings (SSSR count). The number of hydrogen-bond acceptors (Lipinski definition) is 8. The predicted molar refractivity (Wildman–Crippen MR) is 114 cm³/mol. The zero-order chi connectivity index (χ0) is 23.0. The van der Waals surface area contributed by atoms with Crippen LogP contribution in [0.25, 0.3) is 0 Å². The second-order valence-corrected chi connectivity index (χ2v) is 6.49. The van der Waals surface area contributed by atoms with Gasteiger partial charge in [-0.05, 0) is 24.6 Å². The number of rotatable bonds is 10. The Balaban J connectivity index is 2.47. The number of methoxy groups -OCH3 is 2. The molecule has 1 aromatic carbocycles. The highest BCUT2D eigenvalue weighted by molar-refractivity contribution is 6.07. The van der Waals surface area contributed by atoms with Crippen LogP contribution in [-0.4, -0.2) is 55.4 Å². The lowest BCUT2D eigenvalue weighted by molar-refractivity contribution is -0.142. The lowest BCUT2D eigenvalue weighted by atomic mass is 10.1. The summed E-state index contributed by atoms with van der Waals surface area (Å²) in [6, 6.07) is 6.10. The summed E-state index contributed by atoms with van der Waals surface area (Å²) in [7, 11) is 2.69. The van der Waals surface area contributed by atoms with Gasteiger partial charge in [-0.1, -0.05) is 13.0 Å². The zero-order valence-electron chi connectivity index (χ0n) is 17.7. The maximum atomic E-state index is 13.3. The molecule has 1 aromatic heterocycles. The first-order chi connectivity index (χ1) is 14.8. The fourth-order valence-electron chi connectivity index (χ4n) is 2.86. The topological polar surface area (TPSA) is 146 Å². The van der Waals surface area contributed by atoms with Crippen LogP contribution in [0.3, 0.4) is 0 Å². The van der Waals surface area contributed by atoms with Crippen LogP contribution in [-0.2, 0) is 20.8 Å². The number of nitrogen functional groups attached to an aromatic ring is 1. The van der Waals surface area contributed by atoms with E-state index in [1.54, 1.807) is 12.1 Å². The lowest BCUT2D eigenvalue weighted by Gasteiger charge is -2.24. The van der Waals surface area contributed by atoms with E-state index in [2.05, 4.69) is 9.72 Å². The number of benzene rings is 1. The van der Waals surface area contributed by atoms with Crippen LogP contribution in [0.15, 0.2) is 33.9 Å². The average molecular weight is 434 g/mol. The molecule has 0 bridgehead atoms. The summed E-state index contributed by atoms with van der Waals surface area (Å²) in [4.78, 5) is 52.6. The van der Waals surface area contributed by atoms with Crippen LogP contribution in [0.5, 0.6) is 5.75 Å². The number of nitrogens with two attached hydrogens (primary N) is 1. The van der Waals surface area contributed by atoms with E-state index in [1.165, 1.54) is 30.9 Å². The van der Waals surface area contributed by atoms with Gasteiger partial charge in [0.05, 0.1) is 13.7 Å². The molecule has 1 amide bonds. The van der Waals surface area contributed by atoms with Gasteiger partial charge in [-0.3, -0.25) is 24.0 Å². The van der Waals surface area contributed by atoms with Crippen LogP contribution >= 0.6 is 0 Å². The summed E-state index contributed by atoms with van der Waals surface area (Å²) < 4.78 is 16.1. The van der Waals surface area contributed by atoms with E-state index < -0.39 is 23.1 Å². The fourth-order valence-corrected chi connectivity index (χ4v) is 2.86. The predicted octanol–water partition coefficient (Wildman–Crippen LogP) is 0.374. The summed E-state index contributed by atoms with van der Waals surface area (Å²) in [5.41, 5.74) is 4.73. The Bertz CT molecular complexity index is 1040. The van der Waals surface area contributed by atoms with E-state index in [4.69, 9.17) is 15.2 Å². The highest BCUT2D eigenvalue weighted by Crippen LogP contribution is 2.21. The molecule has 0 spiro atoms. The number of esters is 1. The Morgan fingerprint density at radius 3 is 2.61 bits per heavy atom. The molecule has 1 heterocycles. The van der Waals surface area contributed by atoms with E-state index in [-0.39, 0.29) is 49.1 Å². The molecule has 0 unspecified atom stereocenters. The van der Waals surface area contributed by atoms with Crippen molar-refractivity contribution < 1.29 is 23.8 Å². The Kier molecular flexibility index (Phi) is 8.38. The largest absolute Gasteiger partial charge is 0.482 e. The standard InChI is InChI=1S/C20H26N4O7/c1-4-8-24-17(21)16(18(26)22-20(24)28)23(9-10-29-2)19(27)13-6-5-7-14(11-13)31-12-15(25)30-3/h5-7,11H,4,8-10,12,21H2,1-3H3,(H,22,26,28). The first-order valence-electron chi connectivity index (χ1n) is 9.57. The van der Waals surface area contributed by atoms with Crippen LogP contribution in [0.4, 0.5) is 11.5 Å². The number of carbonyl (C=O) groups excluding carboxylic acids is 2. The molecule has 0 aliphatic heterocycles. The summed E-state index contributed by atoms with van der Waals surface area (Å²) in [5, 5.41) is 0. The lowest BCUT2D eigenvalue weighted by Crippen LogP contribution is -2.42. The first kappa shape index (κ1) is 23.7. The van der Waals surface area contributed by atoms with Gasteiger partial charge in [0.25, 0.3) is 11.5 Å². The average Bonchev–Trinajstić information content (AvgIpc) is 2.76. The van der Waals surface area contributed by atoms with Crippen molar-refractivity contribution in [2.45, 2.75) is 19.9 Å². The minimum atomic E-state index is -0.780. The third-order valence-electron chi connectivity index (χ3n) is 4.36. The van der Waals surface area contributed by atoms with Crippen molar-refractivity contribution in [3.05, 3.63) is 50.7 Å². The number of aromatic nitrogens is 2. The Labute approximate surface area is 178 Å². The number of aromatic amines is 1. The quantitative estimate of drug-likeness (QED) is 0.510. The van der Waals surface area contributed by atoms with Crippen LogP contribution in [0.1, 0.15) is 23.7 Å².